The zero-order chi connectivity index (χ0) is 12.4. The predicted octanol–water partition coefficient (Wildman–Crippen LogP) is 3.35. The van der Waals surface area contributed by atoms with Crippen molar-refractivity contribution in [3.05, 3.63) is 53.2 Å². The van der Waals surface area contributed by atoms with Crippen molar-refractivity contribution in [1.29, 1.82) is 0 Å². The third-order valence-electron chi connectivity index (χ3n) is 2.35. The summed E-state index contributed by atoms with van der Waals surface area (Å²) in [6.45, 7) is 0. The molecule has 5 heteroatoms. The van der Waals surface area contributed by atoms with E-state index in [1.807, 2.05) is 0 Å². The lowest BCUT2D eigenvalue weighted by Crippen LogP contribution is -2.26. The monoisotopic (exact) mass is 253 g/mol. The summed E-state index contributed by atoms with van der Waals surface area (Å²) in [7, 11) is 1.54. The summed E-state index contributed by atoms with van der Waals surface area (Å²) in [6.07, 6.45) is 1.33. The van der Waals surface area contributed by atoms with Crippen LogP contribution in [0.2, 0.25) is 5.22 Å². The van der Waals surface area contributed by atoms with E-state index in [1.165, 1.54) is 35.4 Å². The van der Waals surface area contributed by atoms with E-state index in [-0.39, 0.29) is 16.7 Å². The molecule has 0 saturated heterocycles. The smallest absolute Gasteiger partial charge is 0.262 e. The fourth-order valence-corrected chi connectivity index (χ4v) is 1.62. The topological polar surface area (TPSA) is 33.5 Å². The second kappa shape index (κ2) is 4.59. The lowest BCUT2D eigenvalue weighted by Gasteiger charge is -2.16. The quantitative estimate of drug-likeness (QED) is 0.822. The van der Waals surface area contributed by atoms with E-state index in [9.17, 15) is 9.18 Å². The normalized spacial score (nSPS) is 10.3. The lowest BCUT2D eigenvalue weighted by atomic mass is 10.2. The Hall–Kier alpha value is -1.81. The molecule has 0 N–H and O–H groups in total. The van der Waals surface area contributed by atoms with Gasteiger partial charge in [0, 0.05) is 12.7 Å². The van der Waals surface area contributed by atoms with Crippen LogP contribution >= 0.6 is 11.6 Å². The van der Waals surface area contributed by atoms with Gasteiger partial charge in [-0.25, -0.2) is 4.39 Å². The third kappa shape index (κ3) is 2.31. The lowest BCUT2D eigenvalue weighted by molar-refractivity contribution is 0.0992. The molecule has 0 spiro atoms. The number of amides is 1. The minimum absolute atomic E-state index is 0.0262. The van der Waals surface area contributed by atoms with E-state index in [4.69, 9.17) is 16.0 Å². The van der Waals surface area contributed by atoms with Crippen LogP contribution in [0.1, 0.15) is 10.4 Å². The van der Waals surface area contributed by atoms with Gasteiger partial charge in [0.1, 0.15) is 5.82 Å². The molecule has 1 aromatic carbocycles. The molecule has 0 fully saturated rings. The summed E-state index contributed by atoms with van der Waals surface area (Å²) in [5.41, 5.74) is 0.700. The summed E-state index contributed by atoms with van der Waals surface area (Å²) in [6, 6.07) is 7.22. The van der Waals surface area contributed by atoms with Crippen molar-refractivity contribution in [2.75, 3.05) is 11.9 Å². The Morgan fingerprint density at radius 1 is 1.41 bits per heavy atom. The van der Waals surface area contributed by atoms with Crippen molar-refractivity contribution >= 4 is 23.2 Å². The standard InChI is InChI=1S/C12H9ClFNO2/c1-15(9-4-2-3-8(14)7-9)12(16)10-5-6-17-11(10)13/h2-7H,1H3. The number of benzene rings is 1. The maximum atomic E-state index is 13.0. The van der Waals surface area contributed by atoms with Crippen LogP contribution < -0.4 is 4.90 Å². The van der Waals surface area contributed by atoms with E-state index in [0.29, 0.717) is 5.69 Å². The first-order valence-corrected chi connectivity index (χ1v) is 5.24. The predicted molar refractivity (Wildman–Crippen MR) is 62.9 cm³/mol. The minimum atomic E-state index is -0.402. The van der Waals surface area contributed by atoms with Gasteiger partial charge < -0.3 is 9.32 Å². The van der Waals surface area contributed by atoms with Gasteiger partial charge in [-0.1, -0.05) is 6.07 Å². The molecule has 88 valence electrons. The molecule has 1 amide bonds. The molecule has 2 aromatic rings. The van der Waals surface area contributed by atoms with Crippen LogP contribution in [-0.4, -0.2) is 13.0 Å². The average molecular weight is 254 g/mol. The number of carbonyl (C=O) groups is 1. The molecule has 0 aliphatic rings. The van der Waals surface area contributed by atoms with Crippen LogP contribution in [0.5, 0.6) is 0 Å². The van der Waals surface area contributed by atoms with Crippen molar-refractivity contribution < 1.29 is 13.6 Å². The number of carbonyl (C=O) groups excluding carboxylic acids is 1. The third-order valence-corrected chi connectivity index (χ3v) is 2.64. The maximum absolute atomic E-state index is 13.0. The summed E-state index contributed by atoms with van der Waals surface area (Å²) < 4.78 is 17.9. The van der Waals surface area contributed by atoms with Crippen LogP contribution in [0.25, 0.3) is 0 Å². The largest absolute Gasteiger partial charge is 0.452 e. The molecule has 3 nitrogen and oxygen atoms in total. The Balaban J connectivity index is 2.30. The fourth-order valence-electron chi connectivity index (χ4n) is 1.43. The first-order valence-electron chi connectivity index (χ1n) is 4.86. The summed E-state index contributed by atoms with van der Waals surface area (Å²) in [5, 5.41) is 0.0262. The van der Waals surface area contributed by atoms with Crippen LogP contribution in [0, 0.1) is 5.82 Å². The summed E-state index contributed by atoms with van der Waals surface area (Å²) in [4.78, 5) is 13.3. The molecule has 0 atom stereocenters. The van der Waals surface area contributed by atoms with Gasteiger partial charge in [-0.3, -0.25) is 4.79 Å². The number of nitrogens with zero attached hydrogens (tertiary/aromatic N) is 1. The van der Waals surface area contributed by atoms with Gasteiger partial charge in [0.15, 0.2) is 0 Å². The van der Waals surface area contributed by atoms with Crippen molar-refractivity contribution in [1.82, 2.24) is 0 Å². The Morgan fingerprint density at radius 2 is 2.18 bits per heavy atom. The SMILES string of the molecule is CN(C(=O)c1ccoc1Cl)c1cccc(F)c1. The van der Waals surface area contributed by atoms with Gasteiger partial charge in [0.25, 0.3) is 5.91 Å². The Labute approximate surface area is 102 Å². The van der Waals surface area contributed by atoms with E-state index >= 15 is 0 Å². The molecular weight excluding hydrogens is 245 g/mol. The molecule has 0 bridgehead atoms. The highest BCUT2D eigenvalue weighted by atomic mass is 35.5. The van der Waals surface area contributed by atoms with Crippen LogP contribution in [0.15, 0.2) is 41.0 Å². The fraction of sp³-hybridized carbons (Fsp3) is 0.0833. The van der Waals surface area contributed by atoms with Gasteiger partial charge in [-0.05, 0) is 35.9 Å². The number of rotatable bonds is 2. The highest BCUT2D eigenvalue weighted by Crippen LogP contribution is 2.22. The van der Waals surface area contributed by atoms with Crippen molar-refractivity contribution in [3.8, 4) is 0 Å². The van der Waals surface area contributed by atoms with Gasteiger partial charge in [-0.2, -0.15) is 0 Å². The number of hydrogen-bond donors (Lipinski definition) is 0. The molecule has 0 radical (unpaired) electrons. The summed E-state index contributed by atoms with van der Waals surface area (Å²) >= 11 is 5.71. The molecule has 1 heterocycles. The van der Waals surface area contributed by atoms with Crippen LogP contribution in [0.3, 0.4) is 0 Å². The highest BCUT2D eigenvalue weighted by molar-refractivity contribution is 6.32. The van der Waals surface area contributed by atoms with Gasteiger partial charge in [-0.15, -0.1) is 0 Å². The number of anilines is 1. The molecule has 1 aromatic heterocycles. The number of hydrogen-bond acceptors (Lipinski definition) is 2. The molecule has 0 aliphatic carbocycles. The van der Waals surface area contributed by atoms with Gasteiger partial charge in [0.2, 0.25) is 5.22 Å². The van der Waals surface area contributed by atoms with Crippen LogP contribution in [-0.2, 0) is 0 Å². The average Bonchev–Trinajstić information content (AvgIpc) is 2.73. The first-order chi connectivity index (χ1) is 8.09. The van der Waals surface area contributed by atoms with E-state index in [1.54, 1.807) is 13.1 Å². The van der Waals surface area contributed by atoms with Crippen molar-refractivity contribution in [2.45, 2.75) is 0 Å². The second-order valence-corrected chi connectivity index (χ2v) is 3.80. The van der Waals surface area contributed by atoms with Crippen molar-refractivity contribution in [3.63, 3.8) is 0 Å². The molecule has 17 heavy (non-hydrogen) atoms. The van der Waals surface area contributed by atoms with Crippen LogP contribution in [0.4, 0.5) is 10.1 Å². The summed E-state index contributed by atoms with van der Waals surface area (Å²) in [5.74, 6) is -0.755. The molecular formula is C12H9ClFNO2. The second-order valence-electron chi connectivity index (χ2n) is 3.45. The zero-order valence-electron chi connectivity index (χ0n) is 8.98. The van der Waals surface area contributed by atoms with E-state index < -0.39 is 5.82 Å². The van der Waals surface area contributed by atoms with E-state index in [2.05, 4.69) is 0 Å². The van der Waals surface area contributed by atoms with Gasteiger partial charge in [0.05, 0.1) is 11.8 Å². The zero-order valence-corrected chi connectivity index (χ0v) is 9.74. The molecule has 2 rings (SSSR count). The van der Waals surface area contributed by atoms with Crippen molar-refractivity contribution in [2.24, 2.45) is 0 Å². The van der Waals surface area contributed by atoms with E-state index in [0.717, 1.165) is 0 Å². The van der Waals surface area contributed by atoms with Gasteiger partial charge >= 0.3 is 0 Å². The highest BCUT2D eigenvalue weighted by Gasteiger charge is 2.18. The Morgan fingerprint density at radius 3 is 2.76 bits per heavy atom. The Bertz CT molecular complexity index is 553. The molecule has 0 unspecified atom stereocenters. The first kappa shape index (κ1) is 11.7. The maximum Gasteiger partial charge on any atom is 0.262 e. The molecule has 0 aliphatic heterocycles. The minimum Gasteiger partial charge on any atom is -0.452 e. The Kier molecular flexibility index (Phi) is 3.15. The number of halogens is 2. The number of furan rings is 1. The molecule has 0 saturated carbocycles.